The lowest BCUT2D eigenvalue weighted by Crippen LogP contribution is -2.24. The summed E-state index contributed by atoms with van der Waals surface area (Å²) in [5.41, 5.74) is 4.00. The van der Waals surface area contributed by atoms with Gasteiger partial charge in [0, 0.05) is 19.4 Å². The van der Waals surface area contributed by atoms with Gasteiger partial charge in [0.1, 0.15) is 5.78 Å². The van der Waals surface area contributed by atoms with Gasteiger partial charge < -0.3 is 10.1 Å². The Morgan fingerprint density at radius 2 is 1.20 bits per heavy atom. The summed E-state index contributed by atoms with van der Waals surface area (Å²) in [5, 5.41) is 2.94. The minimum Gasteiger partial charge on any atom is -0.352 e. The van der Waals surface area contributed by atoms with Gasteiger partial charge in [-0.1, -0.05) is 41.9 Å². The normalized spacial score (nSPS) is 13.1. The van der Waals surface area contributed by atoms with Crippen LogP contribution in [-0.2, 0) is 9.59 Å². The summed E-state index contributed by atoms with van der Waals surface area (Å²) < 4.78 is 0. The molecule has 0 aromatic heterocycles. The number of hydrogen-bond donors (Lipinski definition) is 1. The number of Topliss-reactive ketones (excluding diaryl/α,β-unsaturated/α-hetero) is 1. The van der Waals surface area contributed by atoms with E-state index >= 15 is 0 Å². The maximum absolute atomic E-state index is 11.4. The summed E-state index contributed by atoms with van der Waals surface area (Å²) >= 11 is 0. The zero-order chi connectivity index (χ0) is 19.1. The number of nitrogens with one attached hydrogen (secondary N) is 1. The fraction of sp³-hybridized carbons (Fsp3) is 0.636. The van der Waals surface area contributed by atoms with E-state index in [1.54, 1.807) is 6.92 Å². The molecule has 0 bridgehead atoms. The maximum atomic E-state index is 11.4. The summed E-state index contributed by atoms with van der Waals surface area (Å²) in [6.07, 6.45) is 13.9. The van der Waals surface area contributed by atoms with Gasteiger partial charge in [0.25, 0.3) is 0 Å². The molecule has 1 N–H and O–H groups in total. The number of allylic oxidation sites excluding steroid dienone is 5. The second kappa shape index (κ2) is 14.7. The van der Waals surface area contributed by atoms with E-state index in [0.717, 1.165) is 38.5 Å². The topological polar surface area (TPSA) is 46.2 Å². The van der Waals surface area contributed by atoms with E-state index in [1.165, 1.54) is 16.7 Å². The van der Waals surface area contributed by atoms with Crippen LogP contribution < -0.4 is 5.32 Å². The van der Waals surface area contributed by atoms with Crippen molar-refractivity contribution in [1.82, 2.24) is 5.32 Å². The Kier molecular flexibility index (Phi) is 13.7. The third kappa shape index (κ3) is 15.6. The van der Waals surface area contributed by atoms with Crippen LogP contribution in [0.2, 0.25) is 0 Å². The highest BCUT2D eigenvalue weighted by atomic mass is 16.1. The van der Waals surface area contributed by atoms with Crippen LogP contribution in [0, 0.1) is 0 Å². The van der Waals surface area contributed by atoms with Crippen molar-refractivity contribution in [2.45, 2.75) is 86.0 Å². The van der Waals surface area contributed by atoms with Crippen LogP contribution in [0.4, 0.5) is 0 Å². The molecule has 0 radical (unpaired) electrons. The van der Waals surface area contributed by atoms with Crippen molar-refractivity contribution >= 4 is 11.7 Å². The van der Waals surface area contributed by atoms with E-state index in [1.807, 2.05) is 6.92 Å². The van der Waals surface area contributed by atoms with Crippen LogP contribution in [0.3, 0.4) is 0 Å². The molecule has 0 aromatic carbocycles. The maximum Gasteiger partial charge on any atom is 0.220 e. The van der Waals surface area contributed by atoms with Crippen molar-refractivity contribution in [3.8, 4) is 0 Å². The SMILES string of the molecule is CCCC(=O)NCC(C)=CCCC(C)=CCCC(C)=CCCC(C)=O. The fourth-order valence-electron chi connectivity index (χ4n) is 2.44. The van der Waals surface area contributed by atoms with Gasteiger partial charge >= 0.3 is 0 Å². The Labute approximate surface area is 154 Å². The van der Waals surface area contributed by atoms with Gasteiger partial charge in [0.15, 0.2) is 0 Å². The molecule has 0 aliphatic rings. The molecule has 0 aliphatic heterocycles. The molecule has 0 spiro atoms. The fourth-order valence-corrected chi connectivity index (χ4v) is 2.44. The van der Waals surface area contributed by atoms with Gasteiger partial charge in [-0.2, -0.15) is 0 Å². The molecule has 0 heterocycles. The van der Waals surface area contributed by atoms with E-state index in [2.05, 4.69) is 44.3 Å². The van der Waals surface area contributed by atoms with Gasteiger partial charge in [-0.05, 0) is 66.2 Å². The van der Waals surface area contributed by atoms with Crippen molar-refractivity contribution in [3.63, 3.8) is 0 Å². The molecule has 0 unspecified atom stereocenters. The number of carbonyl (C=O) groups is 2. The van der Waals surface area contributed by atoms with Crippen molar-refractivity contribution in [1.29, 1.82) is 0 Å². The Hall–Kier alpha value is -1.64. The first kappa shape index (κ1) is 23.4. The minimum atomic E-state index is 0.137. The first-order chi connectivity index (χ1) is 11.8. The van der Waals surface area contributed by atoms with Crippen LogP contribution in [0.1, 0.15) is 86.0 Å². The number of carbonyl (C=O) groups excluding carboxylic acids is 2. The average Bonchev–Trinajstić information content (AvgIpc) is 2.53. The lowest BCUT2D eigenvalue weighted by Gasteiger charge is -2.05. The molecule has 0 fully saturated rings. The standard InChI is InChI=1S/C22H37NO2/c1-6-10-22(25)23-17-20(4)15-8-13-18(2)11-7-12-19(3)14-9-16-21(5)24/h11,14-15H,6-10,12-13,16-17H2,1-5H3,(H,23,25). The smallest absolute Gasteiger partial charge is 0.220 e. The lowest BCUT2D eigenvalue weighted by atomic mass is 10.1. The van der Waals surface area contributed by atoms with Crippen LogP contribution in [0.15, 0.2) is 34.9 Å². The van der Waals surface area contributed by atoms with Gasteiger partial charge in [-0.25, -0.2) is 0 Å². The van der Waals surface area contributed by atoms with E-state index in [0.29, 0.717) is 19.4 Å². The monoisotopic (exact) mass is 347 g/mol. The number of rotatable bonds is 13. The van der Waals surface area contributed by atoms with Gasteiger partial charge in [-0.15, -0.1) is 0 Å². The Balaban J connectivity index is 3.98. The predicted octanol–water partition coefficient (Wildman–Crippen LogP) is 5.67. The highest BCUT2D eigenvalue weighted by Gasteiger charge is 1.98. The van der Waals surface area contributed by atoms with Crippen LogP contribution in [0.5, 0.6) is 0 Å². The zero-order valence-corrected chi connectivity index (χ0v) is 16.9. The third-order valence-electron chi connectivity index (χ3n) is 4.09. The van der Waals surface area contributed by atoms with E-state index in [4.69, 9.17) is 0 Å². The second-order valence-corrected chi connectivity index (χ2v) is 7.00. The number of hydrogen-bond acceptors (Lipinski definition) is 2. The molecule has 25 heavy (non-hydrogen) atoms. The second-order valence-electron chi connectivity index (χ2n) is 7.00. The van der Waals surface area contributed by atoms with Crippen LogP contribution >= 0.6 is 0 Å². The molecule has 142 valence electrons. The highest BCUT2D eigenvalue weighted by Crippen LogP contribution is 2.12. The third-order valence-corrected chi connectivity index (χ3v) is 4.09. The molecule has 0 rings (SSSR count). The molecule has 0 aliphatic carbocycles. The first-order valence-electron chi connectivity index (χ1n) is 9.58. The lowest BCUT2D eigenvalue weighted by molar-refractivity contribution is -0.121. The molecular weight excluding hydrogens is 310 g/mol. The molecule has 0 saturated carbocycles. The van der Waals surface area contributed by atoms with Crippen molar-refractivity contribution in [3.05, 3.63) is 34.9 Å². The predicted molar refractivity (Wildman–Crippen MR) is 108 cm³/mol. The Bertz CT molecular complexity index is 498. The minimum absolute atomic E-state index is 0.137. The van der Waals surface area contributed by atoms with Gasteiger partial charge in [0.05, 0.1) is 0 Å². The van der Waals surface area contributed by atoms with Crippen LogP contribution in [-0.4, -0.2) is 18.2 Å². The summed E-state index contributed by atoms with van der Waals surface area (Å²) in [6, 6.07) is 0. The van der Waals surface area contributed by atoms with E-state index in [9.17, 15) is 9.59 Å². The summed E-state index contributed by atoms with van der Waals surface area (Å²) in [6.45, 7) is 10.7. The first-order valence-corrected chi connectivity index (χ1v) is 9.58. The Morgan fingerprint density at radius 3 is 1.68 bits per heavy atom. The van der Waals surface area contributed by atoms with Gasteiger partial charge in [0.2, 0.25) is 5.91 Å². The Morgan fingerprint density at radius 1 is 0.720 bits per heavy atom. The van der Waals surface area contributed by atoms with Crippen LogP contribution in [0.25, 0.3) is 0 Å². The summed E-state index contributed by atoms with van der Waals surface area (Å²) in [4.78, 5) is 22.3. The molecule has 0 aromatic rings. The molecule has 1 amide bonds. The quantitative estimate of drug-likeness (QED) is 0.436. The van der Waals surface area contributed by atoms with Crippen molar-refractivity contribution in [2.75, 3.05) is 6.54 Å². The van der Waals surface area contributed by atoms with Gasteiger partial charge in [-0.3, -0.25) is 4.79 Å². The van der Waals surface area contributed by atoms with Crippen molar-refractivity contribution in [2.24, 2.45) is 0 Å². The average molecular weight is 348 g/mol. The largest absolute Gasteiger partial charge is 0.352 e. The molecule has 0 saturated heterocycles. The molecule has 0 atom stereocenters. The summed E-state index contributed by atoms with van der Waals surface area (Å²) in [5.74, 6) is 0.395. The molecule has 3 heteroatoms. The molecular formula is C22H37NO2. The zero-order valence-electron chi connectivity index (χ0n) is 16.9. The number of ketones is 1. The summed E-state index contributed by atoms with van der Waals surface area (Å²) in [7, 11) is 0. The van der Waals surface area contributed by atoms with E-state index < -0.39 is 0 Å². The van der Waals surface area contributed by atoms with Crippen molar-refractivity contribution < 1.29 is 9.59 Å². The highest BCUT2D eigenvalue weighted by molar-refractivity contribution is 5.76. The molecule has 3 nitrogen and oxygen atoms in total. The van der Waals surface area contributed by atoms with E-state index in [-0.39, 0.29) is 11.7 Å². The number of amides is 1.